The van der Waals surface area contributed by atoms with Crippen LogP contribution in [0.5, 0.6) is 0 Å². The minimum absolute atomic E-state index is 0.0382. The van der Waals surface area contributed by atoms with Crippen LogP contribution in [0.1, 0.15) is 15.9 Å². The molecule has 0 saturated carbocycles. The summed E-state index contributed by atoms with van der Waals surface area (Å²) in [5, 5.41) is 0. The molecule has 0 saturated heterocycles. The number of fused-ring (bicyclic) bond motifs is 1. The second-order valence-electron chi connectivity index (χ2n) is 5.23. The maximum atomic E-state index is 12.6. The molecule has 8 heteroatoms. The number of nitrogens with one attached hydrogen (secondary N) is 2. The van der Waals surface area contributed by atoms with Crippen molar-refractivity contribution in [2.75, 3.05) is 12.5 Å². The highest BCUT2D eigenvalue weighted by molar-refractivity contribution is 7.89. The van der Waals surface area contributed by atoms with Crippen molar-refractivity contribution in [1.82, 2.24) is 14.4 Å². The lowest BCUT2D eigenvalue weighted by Gasteiger charge is -2.11. The van der Waals surface area contributed by atoms with Gasteiger partial charge < -0.3 is 0 Å². The van der Waals surface area contributed by atoms with Crippen LogP contribution in [0.4, 0.5) is 0 Å². The van der Waals surface area contributed by atoms with Gasteiger partial charge in [0.05, 0.1) is 15.9 Å². The predicted octanol–water partition coefficient (Wildman–Crippen LogP) is 1.64. The summed E-state index contributed by atoms with van der Waals surface area (Å²) in [7, 11) is -2.29. The zero-order valence-electron chi connectivity index (χ0n) is 13.1. The summed E-state index contributed by atoms with van der Waals surface area (Å²) in [6, 6.07) is 11.8. The smallest absolute Gasteiger partial charge is 0.267 e. The summed E-state index contributed by atoms with van der Waals surface area (Å²) in [5.74, 6) is -0.413. The summed E-state index contributed by atoms with van der Waals surface area (Å²) < 4.78 is 27.6. The number of aromatic nitrogens is 2. The van der Waals surface area contributed by atoms with E-state index in [1.54, 1.807) is 13.0 Å². The Morgan fingerprint density at radius 1 is 1.17 bits per heavy atom. The third-order valence-electron chi connectivity index (χ3n) is 3.71. The molecule has 2 N–H and O–H groups in total. The van der Waals surface area contributed by atoms with Crippen LogP contribution in [0.2, 0.25) is 0 Å². The highest BCUT2D eigenvalue weighted by Gasteiger charge is 2.17. The van der Waals surface area contributed by atoms with Crippen molar-refractivity contribution in [3.05, 3.63) is 59.9 Å². The van der Waals surface area contributed by atoms with Crippen molar-refractivity contribution >= 4 is 27.0 Å². The number of para-hydroxylation sites is 2. The number of aryl methyl sites for hydroxylation is 1. The topological polar surface area (TPSA) is 93.1 Å². The first-order valence-corrected chi connectivity index (χ1v) is 8.68. The summed E-state index contributed by atoms with van der Waals surface area (Å²) >= 11 is 0. The molecule has 0 radical (unpaired) electrons. The van der Waals surface area contributed by atoms with Crippen LogP contribution in [0, 0.1) is 6.92 Å². The van der Waals surface area contributed by atoms with Gasteiger partial charge in [-0.15, -0.1) is 0 Å². The fourth-order valence-electron chi connectivity index (χ4n) is 2.35. The Balaban J connectivity index is 1.97. The lowest BCUT2D eigenvalue weighted by molar-refractivity contribution is 0.101. The number of amides is 1. The summed E-state index contributed by atoms with van der Waals surface area (Å²) in [5.41, 5.74) is 5.18. The van der Waals surface area contributed by atoms with Crippen molar-refractivity contribution in [3.8, 4) is 0 Å². The molecule has 24 heavy (non-hydrogen) atoms. The van der Waals surface area contributed by atoms with E-state index in [4.69, 9.17) is 0 Å². The molecular weight excluding hydrogens is 328 g/mol. The Morgan fingerprint density at radius 3 is 2.67 bits per heavy atom. The van der Waals surface area contributed by atoms with Crippen LogP contribution in [0.25, 0.3) is 11.0 Å². The third kappa shape index (κ3) is 2.89. The molecule has 3 rings (SSSR count). The first kappa shape index (κ1) is 16.2. The molecule has 0 aliphatic carbocycles. The molecule has 2 aromatic carbocycles. The van der Waals surface area contributed by atoms with Gasteiger partial charge in [-0.1, -0.05) is 18.2 Å². The van der Waals surface area contributed by atoms with E-state index in [2.05, 4.69) is 15.1 Å². The van der Waals surface area contributed by atoms with Gasteiger partial charge in [-0.2, -0.15) is 0 Å². The molecule has 0 bridgehead atoms. The zero-order valence-corrected chi connectivity index (χ0v) is 14.0. The second-order valence-corrected chi connectivity index (χ2v) is 7.12. The molecule has 1 amide bonds. The number of rotatable bonds is 4. The van der Waals surface area contributed by atoms with Crippen LogP contribution in [0.15, 0.2) is 53.7 Å². The lowest BCUT2D eigenvalue weighted by Crippen LogP contribution is -2.24. The van der Waals surface area contributed by atoms with Crippen LogP contribution >= 0.6 is 0 Å². The molecule has 0 aliphatic heterocycles. The third-order valence-corrected chi connectivity index (χ3v) is 5.12. The molecular formula is C16H16N4O3S. The van der Waals surface area contributed by atoms with Gasteiger partial charge in [-0.25, -0.2) is 22.8 Å². The molecule has 1 heterocycles. The Hall–Kier alpha value is -2.71. The van der Waals surface area contributed by atoms with E-state index in [0.29, 0.717) is 5.56 Å². The highest BCUT2D eigenvalue weighted by Crippen LogP contribution is 2.16. The van der Waals surface area contributed by atoms with Crippen molar-refractivity contribution in [2.45, 2.75) is 11.8 Å². The second kappa shape index (κ2) is 6.06. The molecule has 7 nitrogen and oxygen atoms in total. The molecule has 0 atom stereocenters. The fourth-order valence-corrected chi connectivity index (χ4v) is 3.10. The van der Waals surface area contributed by atoms with E-state index in [1.807, 2.05) is 24.3 Å². The van der Waals surface area contributed by atoms with Gasteiger partial charge in [0, 0.05) is 5.56 Å². The Kier molecular flexibility index (Phi) is 4.08. The Labute approximate surface area is 139 Å². The average Bonchev–Trinajstić information content (AvgIpc) is 2.98. The van der Waals surface area contributed by atoms with Gasteiger partial charge in [0.2, 0.25) is 10.0 Å². The standard InChI is InChI=1S/C16H16N4O3S/c1-11-7-8-12(24(22,23)17-2)9-13(11)16(21)19-20-10-18-14-5-3-4-6-15(14)20/h3-10,17H,1-2H3,(H,19,21). The minimum Gasteiger partial charge on any atom is -0.267 e. The molecule has 124 valence electrons. The van der Waals surface area contributed by atoms with E-state index in [0.717, 1.165) is 11.0 Å². The molecule has 0 unspecified atom stereocenters. The van der Waals surface area contributed by atoms with E-state index < -0.39 is 15.9 Å². The van der Waals surface area contributed by atoms with E-state index in [-0.39, 0.29) is 10.5 Å². The van der Waals surface area contributed by atoms with Crippen LogP contribution < -0.4 is 10.1 Å². The number of benzene rings is 2. The largest absolute Gasteiger partial charge is 0.270 e. The summed E-state index contributed by atoms with van der Waals surface area (Å²) in [6.07, 6.45) is 1.51. The highest BCUT2D eigenvalue weighted by atomic mass is 32.2. The molecule has 0 aliphatic rings. The number of carbonyl (C=O) groups excluding carboxylic acids is 1. The first-order chi connectivity index (χ1) is 11.4. The van der Waals surface area contributed by atoms with Crippen LogP contribution in [-0.2, 0) is 10.0 Å². The van der Waals surface area contributed by atoms with Gasteiger partial charge in [-0.05, 0) is 43.8 Å². The fraction of sp³-hybridized carbons (Fsp3) is 0.125. The normalized spacial score (nSPS) is 11.6. The number of hydrogen-bond acceptors (Lipinski definition) is 4. The van der Waals surface area contributed by atoms with Crippen LogP contribution in [-0.4, -0.2) is 31.0 Å². The number of imidazole rings is 1. The van der Waals surface area contributed by atoms with Crippen molar-refractivity contribution in [1.29, 1.82) is 0 Å². The van der Waals surface area contributed by atoms with E-state index in [9.17, 15) is 13.2 Å². The van der Waals surface area contributed by atoms with Gasteiger partial charge >= 0.3 is 0 Å². The molecule has 1 aromatic heterocycles. The average molecular weight is 344 g/mol. The van der Waals surface area contributed by atoms with Crippen molar-refractivity contribution in [2.24, 2.45) is 0 Å². The maximum Gasteiger partial charge on any atom is 0.270 e. The monoisotopic (exact) mass is 344 g/mol. The molecule has 0 fully saturated rings. The van der Waals surface area contributed by atoms with Gasteiger partial charge in [-0.3, -0.25) is 10.2 Å². The zero-order chi connectivity index (χ0) is 17.3. The summed E-state index contributed by atoms with van der Waals surface area (Å²) in [6.45, 7) is 1.75. The number of nitrogens with zero attached hydrogens (tertiary/aromatic N) is 2. The van der Waals surface area contributed by atoms with E-state index >= 15 is 0 Å². The Bertz CT molecular complexity index is 1020. The number of hydrogen-bond donors (Lipinski definition) is 2. The van der Waals surface area contributed by atoms with Gasteiger partial charge in [0.15, 0.2) is 0 Å². The van der Waals surface area contributed by atoms with Crippen molar-refractivity contribution < 1.29 is 13.2 Å². The van der Waals surface area contributed by atoms with Crippen LogP contribution in [0.3, 0.4) is 0 Å². The lowest BCUT2D eigenvalue weighted by atomic mass is 10.1. The summed E-state index contributed by atoms with van der Waals surface area (Å²) in [4.78, 5) is 16.8. The minimum atomic E-state index is -3.62. The molecule has 0 spiro atoms. The number of sulfonamides is 1. The van der Waals surface area contributed by atoms with Gasteiger partial charge in [0.25, 0.3) is 5.91 Å². The Morgan fingerprint density at radius 2 is 1.92 bits per heavy atom. The maximum absolute atomic E-state index is 12.6. The van der Waals surface area contributed by atoms with E-state index in [1.165, 1.54) is 30.2 Å². The predicted molar refractivity (Wildman–Crippen MR) is 90.8 cm³/mol. The van der Waals surface area contributed by atoms with Crippen molar-refractivity contribution in [3.63, 3.8) is 0 Å². The molecule has 3 aromatic rings. The van der Waals surface area contributed by atoms with Gasteiger partial charge in [0.1, 0.15) is 6.33 Å². The first-order valence-electron chi connectivity index (χ1n) is 7.20. The number of carbonyl (C=O) groups is 1. The SMILES string of the molecule is CNS(=O)(=O)c1ccc(C)c(C(=O)Nn2cnc3ccccc32)c1. The quantitative estimate of drug-likeness (QED) is 0.752.